The summed E-state index contributed by atoms with van der Waals surface area (Å²) in [6.45, 7) is 0. The summed E-state index contributed by atoms with van der Waals surface area (Å²) in [6, 6.07) is 3.71. The van der Waals surface area contributed by atoms with Gasteiger partial charge < -0.3 is 9.84 Å². The van der Waals surface area contributed by atoms with Crippen molar-refractivity contribution in [3.63, 3.8) is 0 Å². The maximum absolute atomic E-state index is 11.9. The van der Waals surface area contributed by atoms with Crippen LogP contribution in [0, 0.1) is 0 Å². The van der Waals surface area contributed by atoms with E-state index in [1.54, 1.807) is 0 Å². The molecule has 0 radical (unpaired) electrons. The monoisotopic (exact) mass is 270 g/mol. The number of ether oxygens (including phenoxy) is 1. The summed E-state index contributed by atoms with van der Waals surface area (Å²) >= 11 is 2.96. The van der Waals surface area contributed by atoms with Crippen molar-refractivity contribution in [3.8, 4) is 11.5 Å². The molecule has 0 aliphatic rings. The van der Waals surface area contributed by atoms with Crippen molar-refractivity contribution >= 4 is 15.9 Å². The summed E-state index contributed by atoms with van der Waals surface area (Å²) in [5, 5.41) is 9.30. The van der Waals surface area contributed by atoms with Crippen LogP contribution in [0.5, 0.6) is 11.5 Å². The Morgan fingerprint density at radius 3 is 2.50 bits per heavy atom. The van der Waals surface area contributed by atoms with E-state index in [1.165, 1.54) is 12.1 Å². The number of halogens is 4. The average Bonchev–Trinajstić information content (AvgIpc) is 2.01. The highest BCUT2D eigenvalue weighted by molar-refractivity contribution is 9.08. The maximum atomic E-state index is 11.9. The van der Waals surface area contributed by atoms with Crippen LogP contribution in [0.25, 0.3) is 0 Å². The van der Waals surface area contributed by atoms with Crippen molar-refractivity contribution in [3.05, 3.63) is 23.8 Å². The second-order valence-corrected chi connectivity index (χ2v) is 3.00. The number of aromatic hydroxyl groups is 1. The Bertz CT molecular complexity index is 325. The molecular formula is C8H6BrF3O2. The first-order valence-electron chi connectivity index (χ1n) is 3.56. The third kappa shape index (κ3) is 2.80. The summed E-state index contributed by atoms with van der Waals surface area (Å²) < 4.78 is 39.3. The van der Waals surface area contributed by atoms with Gasteiger partial charge in [0.1, 0.15) is 11.5 Å². The van der Waals surface area contributed by atoms with Gasteiger partial charge in [-0.15, -0.1) is 13.2 Å². The van der Waals surface area contributed by atoms with Crippen LogP contribution in [0.3, 0.4) is 0 Å². The largest absolute Gasteiger partial charge is 0.573 e. The highest BCUT2D eigenvalue weighted by atomic mass is 79.9. The van der Waals surface area contributed by atoms with Crippen LogP contribution in [-0.2, 0) is 5.33 Å². The Morgan fingerprint density at radius 2 is 2.00 bits per heavy atom. The molecule has 1 aromatic carbocycles. The van der Waals surface area contributed by atoms with Crippen molar-refractivity contribution < 1.29 is 23.0 Å². The normalized spacial score (nSPS) is 11.4. The second-order valence-electron chi connectivity index (χ2n) is 2.44. The number of hydrogen-bond donors (Lipinski definition) is 1. The number of phenolic OH excluding ortho intramolecular Hbond substituents is 1. The lowest BCUT2D eigenvalue weighted by atomic mass is 10.2. The quantitative estimate of drug-likeness (QED) is 0.837. The Balaban J connectivity index is 3.02. The molecule has 0 aliphatic heterocycles. The summed E-state index contributed by atoms with van der Waals surface area (Å²) in [7, 11) is 0. The molecule has 0 spiro atoms. The topological polar surface area (TPSA) is 29.5 Å². The van der Waals surface area contributed by atoms with E-state index < -0.39 is 12.1 Å². The van der Waals surface area contributed by atoms with Crippen molar-refractivity contribution in [2.75, 3.05) is 0 Å². The van der Waals surface area contributed by atoms with Gasteiger partial charge in [-0.05, 0) is 12.1 Å². The molecule has 0 saturated heterocycles. The molecule has 0 amide bonds. The van der Waals surface area contributed by atoms with Crippen LogP contribution in [0.2, 0.25) is 0 Å². The summed E-state index contributed by atoms with van der Waals surface area (Å²) in [5.74, 6) is -0.627. The average molecular weight is 271 g/mol. The maximum Gasteiger partial charge on any atom is 0.573 e. The zero-order chi connectivity index (χ0) is 10.8. The molecule has 0 unspecified atom stereocenters. The molecule has 0 saturated carbocycles. The standard InChI is InChI=1S/C8H6BrF3O2/c9-4-5-6(13)2-1-3-7(5)14-8(10,11)12/h1-3,13H,4H2. The number of hydrogen-bond acceptors (Lipinski definition) is 2. The zero-order valence-corrected chi connectivity index (χ0v) is 8.39. The molecule has 0 aliphatic carbocycles. The van der Waals surface area contributed by atoms with E-state index in [0.29, 0.717) is 0 Å². The van der Waals surface area contributed by atoms with Gasteiger partial charge in [-0.2, -0.15) is 0 Å². The Kier molecular flexibility index (Phi) is 3.25. The second kappa shape index (κ2) is 4.08. The summed E-state index contributed by atoms with van der Waals surface area (Å²) in [6.07, 6.45) is -4.75. The van der Waals surface area contributed by atoms with Crippen molar-refractivity contribution in [1.29, 1.82) is 0 Å². The van der Waals surface area contributed by atoms with E-state index in [0.717, 1.165) is 6.07 Å². The third-order valence-corrected chi connectivity index (χ3v) is 2.03. The Labute approximate surface area is 86.4 Å². The van der Waals surface area contributed by atoms with Gasteiger partial charge in [0.15, 0.2) is 0 Å². The molecule has 6 heteroatoms. The van der Waals surface area contributed by atoms with Gasteiger partial charge in [-0.1, -0.05) is 22.0 Å². The Morgan fingerprint density at radius 1 is 1.36 bits per heavy atom. The van der Waals surface area contributed by atoms with E-state index >= 15 is 0 Å². The highest BCUT2D eigenvalue weighted by Crippen LogP contribution is 2.33. The molecular weight excluding hydrogens is 265 g/mol. The van der Waals surface area contributed by atoms with E-state index in [1.807, 2.05) is 0 Å². The van der Waals surface area contributed by atoms with Crippen LogP contribution in [0.15, 0.2) is 18.2 Å². The lowest BCUT2D eigenvalue weighted by Gasteiger charge is -2.12. The van der Waals surface area contributed by atoms with E-state index in [4.69, 9.17) is 0 Å². The highest BCUT2D eigenvalue weighted by Gasteiger charge is 2.32. The molecule has 0 atom stereocenters. The van der Waals surface area contributed by atoms with Crippen molar-refractivity contribution in [1.82, 2.24) is 0 Å². The van der Waals surface area contributed by atoms with Crippen molar-refractivity contribution in [2.45, 2.75) is 11.7 Å². The van der Waals surface area contributed by atoms with Crippen LogP contribution < -0.4 is 4.74 Å². The minimum absolute atomic E-state index is 0.0739. The fraction of sp³-hybridized carbons (Fsp3) is 0.250. The molecule has 2 nitrogen and oxygen atoms in total. The van der Waals surface area contributed by atoms with Crippen LogP contribution >= 0.6 is 15.9 Å². The van der Waals surface area contributed by atoms with Crippen LogP contribution in [0.1, 0.15) is 5.56 Å². The van der Waals surface area contributed by atoms with Gasteiger partial charge in [-0.25, -0.2) is 0 Å². The SMILES string of the molecule is Oc1cccc(OC(F)(F)F)c1CBr. The number of phenols is 1. The van der Waals surface area contributed by atoms with E-state index in [-0.39, 0.29) is 16.6 Å². The van der Waals surface area contributed by atoms with Crippen LogP contribution in [-0.4, -0.2) is 11.5 Å². The molecule has 14 heavy (non-hydrogen) atoms. The molecule has 0 heterocycles. The number of rotatable bonds is 2. The van der Waals surface area contributed by atoms with Gasteiger partial charge in [0.05, 0.1) is 0 Å². The number of benzene rings is 1. The van der Waals surface area contributed by atoms with E-state index in [2.05, 4.69) is 20.7 Å². The molecule has 0 bridgehead atoms. The first-order valence-corrected chi connectivity index (χ1v) is 4.69. The zero-order valence-electron chi connectivity index (χ0n) is 6.81. The van der Waals surface area contributed by atoms with Gasteiger partial charge in [0.2, 0.25) is 0 Å². The molecule has 1 rings (SSSR count). The predicted molar refractivity (Wildman–Crippen MR) is 47.4 cm³/mol. The smallest absolute Gasteiger partial charge is 0.507 e. The first-order chi connectivity index (χ1) is 6.44. The fourth-order valence-electron chi connectivity index (χ4n) is 0.909. The predicted octanol–water partition coefficient (Wildman–Crippen LogP) is 3.19. The van der Waals surface area contributed by atoms with E-state index in [9.17, 15) is 18.3 Å². The van der Waals surface area contributed by atoms with Gasteiger partial charge in [0.25, 0.3) is 0 Å². The third-order valence-electron chi connectivity index (χ3n) is 1.47. The van der Waals surface area contributed by atoms with Crippen LogP contribution in [0.4, 0.5) is 13.2 Å². The molecule has 1 N–H and O–H groups in total. The molecule has 0 aromatic heterocycles. The van der Waals surface area contributed by atoms with Gasteiger partial charge >= 0.3 is 6.36 Å². The first kappa shape index (κ1) is 11.2. The molecule has 78 valence electrons. The Hall–Kier alpha value is -0.910. The minimum Gasteiger partial charge on any atom is -0.507 e. The lowest BCUT2D eigenvalue weighted by Crippen LogP contribution is -2.17. The van der Waals surface area contributed by atoms with Gasteiger partial charge in [-0.3, -0.25) is 0 Å². The van der Waals surface area contributed by atoms with Crippen molar-refractivity contribution in [2.24, 2.45) is 0 Å². The molecule has 0 fully saturated rings. The van der Waals surface area contributed by atoms with Gasteiger partial charge in [0, 0.05) is 10.9 Å². The lowest BCUT2D eigenvalue weighted by molar-refractivity contribution is -0.274. The number of alkyl halides is 4. The minimum atomic E-state index is -4.75. The summed E-state index contributed by atoms with van der Waals surface area (Å²) in [4.78, 5) is 0. The fourth-order valence-corrected chi connectivity index (χ4v) is 1.47. The molecule has 1 aromatic rings. The summed E-state index contributed by atoms with van der Waals surface area (Å²) in [5.41, 5.74) is 0.0739.